The Labute approximate surface area is 116 Å². The second-order valence-electron chi connectivity index (χ2n) is 5.55. The highest BCUT2D eigenvalue weighted by atomic mass is 16.1. The Morgan fingerprint density at radius 1 is 1.16 bits per heavy atom. The Bertz CT molecular complexity index is 384. The summed E-state index contributed by atoms with van der Waals surface area (Å²) in [5.41, 5.74) is 2.46. The SMILES string of the molecule is Cc1ccc([C@@H](C)NCC(=O)NCCC(C)C)cc1. The van der Waals surface area contributed by atoms with Crippen molar-refractivity contribution >= 4 is 5.91 Å². The molecule has 0 unspecified atom stereocenters. The van der Waals surface area contributed by atoms with Gasteiger partial charge in [0.15, 0.2) is 0 Å². The highest BCUT2D eigenvalue weighted by Gasteiger charge is 2.07. The molecule has 1 rings (SSSR count). The number of carbonyl (C=O) groups excluding carboxylic acids is 1. The lowest BCUT2D eigenvalue weighted by Gasteiger charge is -2.14. The third kappa shape index (κ3) is 6.39. The Morgan fingerprint density at radius 2 is 1.79 bits per heavy atom. The highest BCUT2D eigenvalue weighted by molar-refractivity contribution is 5.77. The van der Waals surface area contributed by atoms with Crippen LogP contribution in [0.4, 0.5) is 0 Å². The molecule has 19 heavy (non-hydrogen) atoms. The zero-order chi connectivity index (χ0) is 14.3. The quantitative estimate of drug-likeness (QED) is 0.793. The van der Waals surface area contributed by atoms with Crippen LogP contribution in [0.15, 0.2) is 24.3 Å². The summed E-state index contributed by atoms with van der Waals surface area (Å²) in [5.74, 6) is 0.694. The number of amides is 1. The number of rotatable bonds is 7. The fourth-order valence-electron chi connectivity index (χ4n) is 1.78. The molecule has 3 nitrogen and oxygen atoms in total. The summed E-state index contributed by atoms with van der Waals surface area (Å²) in [5, 5.41) is 6.17. The molecule has 0 aliphatic heterocycles. The van der Waals surface area contributed by atoms with Crippen molar-refractivity contribution in [1.29, 1.82) is 0 Å². The predicted octanol–water partition coefficient (Wildman–Crippen LogP) is 2.81. The van der Waals surface area contributed by atoms with Crippen LogP contribution >= 0.6 is 0 Å². The van der Waals surface area contributed by atoms with Gasteiger partial charge in [0.1, 0.15) is 0 Å². The van der Waals surface area contributed by atoms with Gasteiger partial charge in [-0.05, 0) is 31.7 Å². The molecule has 0 bridgehead atoms. The molecule has 2 N–H and O–H groups in total. The van der Waals surface area contributed by atoms with E-state index in [0.29, 0.717) is 12.5 Å². The number of nitrogens with one attached hydrogen (secondary N) is 2. The highest BCUT2D eigenvalue weighted by Crippen LogP contribution is 2.12. The van der Waals surface area contributed by atoms with Crippen LogP contribution in [0, 0.1) is 12.8 Å². The van der Waals surface area contributed by atoms with E-state index in [1.54, 1.807) is 0 Å². The van der Waals surface area contributed by atoms with Crippen LogP contribution in [-0.4, -0.2) is 19.0 Å². The molecule has 0 aliphatic rings. The normalized spacial score (nSPS) is 12.5. The van der Waals surface area contributed by atoms with E-state index in [0.717, 1.165) is 13.0 Å². The first-order valence-corrected chi connectivity index (χ1v) is 7.05. The van der Waals surface area contributed by atoms with Gasteiger partial charge in [0.05, 0.1) is 6.54 Å². The second kappa shape index (κ2) is 7.95. The smallest absolute Gasteiger partial charge is 0.233 e. The summed E-state index contributed by atoms with van der Waals surface area (Å²) in [6.45, 7) is 9.59. The first kappa shape index (κ1) is 15.7. The predicted molar refractivity (Wildman–Crippen MR) is 80.1 cm³/mol. The van der Waals surface area contributed by atoms with Crippen molar-refractivity contribution < 1.29 is 4.79 Å². The van der Waals surface area contributed by atoms with Gasteiger partial charge in [-0.3, -0.25) is 4.79 Å². The molecule has 106 valence electrons. The maximum absolute atomic E-state index is 11.6. The fraction of sp³-hybridized carbons (Fsp3) is 0.562. The lowest BCUT2D eigenvalue weighted by molar-refractivity contribution is -0.120. The summed E-state index contributed by atoms with van der Waals surface area (Å²) in [6.07, 6.45) is 1.03. The maximum atomic E-state index is 11.6. The van der Waals surface area contributed by atoms with E-state index in [1.807, 2.05) is 0 Å². The largest absolute Gasteiger partial charge is 0.355 e. The van der Waals surface area contributed by atoms with Gasteiger partial charge in [0.25, 0.3) is 0 Å². The standard InChI is InChI=1S/C16H26N2O/c1-12(2)9-10-17-16(19)11-18-14(4)15-7-5-13(3)6-8-15/h5-8,12,14,18H,9-11H2,1-4H3,(H,17,19)/t14-/m1/s1. The lowest BCUT2D eigenvalue weighted by atomic mass is 10.1. The molecule has 0 radical (unpaired) electrons. The van der Waals surface area contributed by atoms with Crippen LogP contribution in [0.2, 0.25) is 0 Å². The molecule has 3 heteroatoms. The van der Waals surface area contributed by atoms with Gasteiger partial charge in [0, 0.05) is 12.6 Å². The molecular weight excluding hydrogens is 236 g/mol. The van der Waals surface area contributed by atoms with Crippen LogP contribution in [0.25, 0.3) is 0 Å². The molecular formula is C16H26N2O. The van der Waals surface area contributed by atoms with Gasteiger partial charge in [-0.15, -0.1) is 0 Å². The summed E-state index contributed by atoms with van der Waals surface area (Å²) >= 11 is 0. The molecule has 0 aromatic heterocycles. The topological polar surface area (TPSA) is 41.1 Å². The van der Waals surface area contributed by atoms with Crippen LogP contribution in [-0.2, 0) is 4.79 Å². The van der Waals surface area contributed by atoms with Crippen molar-refractivity contribution in [2.45, 2.75) is 40.2 Å². The van der Waals surface area contributed by atoms with E-state index in [2.05, 4.69) is 62.6 Å². The molecule has 1 aromatic rings. The number of aryl methyl sites for hydroxylation is 1. The summed E-state index contributed by atoms with van der Waals surface area (Å²) in [4.78, 5) is 11.6. The van der Waals surface area contributed by atoms with Gasteiger partial charge in [-0.2, -0.15) is 0 Å². The van der Waals surface area contributed by atoms with Crippen molar-refractivity contribution in [2.75, 3.05) is 13.1 Å². The van der Waals surface area contributed by atoms with Crippen LogP contribution in [0.3, 0.4) is 0 Å². The summed E-state index contributed by atoms with van der Waals surface area (Å²) < 4.78 is 0. The fourth-order valence-corrected chi connectivity index (χ4v) is 1.78. The number of hydrogen-bond acceptors (Lipinski definition) is 2. The zero-order valence-electron chi connectivity index (χ0n) is 12.5. The monoisotopic (exact) mass is 262 g/mol. The van der Waals surface area contributed by atoms with Crippen LogP contribution in [0.5, 0.6) is 0 Å². The second-order valence-corrected chi connectivity index (χ2v) is 5.55. The van der Waals surface area contributed by atoms with Crippen molar-refractivity contribution in [3.05, 3.63) is 35.4 Å². The third-order valence-corrected chi connectivity index (χ3v) is 3.19. The average Bonchev–Trinajstić information content (AvgIpc) is 2.36. The van der Waals surface area contributed by atoms with Crippen molar-refractivity contribution in [3.63, 3.8) is 0 Å². The van der Waals surface area contributed by atoms with Gasteiger partial charge in [0.2, 0.25) is 5.91 Å². The Morgan fingerprint density at radius 3 is 2.37 bits per heavy atom. The first-order chi connectivity index (χ1) is 8.99. The van der Waals surface area contributed by atoms with Crippen LogP contribution in [0.1, 0.15) is 44.4 Å². The minimum Gasteiger partial charge on any atom is -0.355 e. The third-order valence-electron chi connectivity index (χ3n) is 3.19. The van der Waals surface area contributed by atoms with Crippen molar-refractivity contribution in [2.24, 2.45) is 5.92 Å². The zero-order valence-corrected chi connectivity index (χ0v) is 12.5. The first-order valence-electron chi connectivity index (χ1n) is 7.05. The minimum absolute atomic E-state index is 0.0691. The molecule has 1 aromatic carbocycles. The van der Waals surface area contributed by atoms with Crippen molar-refractivity contribution in [3.8, 4) is 0 Å². The summed E-state index contributed by atoms with van der Waals surface area (Å²) in [6, 6.07) is 8.58. The van der Waals surface area contributed by atoms with E-state index < -0.39 is 0 Å². The molecule has 0 heterocycles. The molecule has 1 atom stereocenters. The van der Waals surface area contributed by atoms with Gasteiger partial charge >= 0.3 is 0 Å². The molecule has 0 saturated carbocycles. The molecule has 0 spiro atoms. The Hall–Kier alpha value is -1.35. The van der Waals surface area contributed by atoms with Crippen LogP contribution < -0.4 is 10.6 Å². The van der Waals surface area contributed by atoms with Crippen molar-refractivity contribution in [1.82, 2.24) is 10.6 Å². The number of hydrogen-bond donors (Lipinski definition) is 2. The Kier molecular flexibility index (Phi) is 6.57. The van der Waals surface area contributed by atoms with E-state index in [-0.39, 0.29) is 11.9 Å². The molecule has 0 aliphatic carbocycles. The summed E-state index contributed by atoms with van der Waals surface area (Å²) in [7, 11) is 0. The molecule has 0 fully saturated rings. The van der Waals surface area contributed by atoms with E-state index in [1.165, 1.54) is 11.1 Å². The number of benzene rings is 1. The molecule has 0 saturated heterocycles. The maximum Gasteiger partial charge on any atom is 0.233 e. The Balaban J connectivity index is 2.27. The van der Waals surface area contributed by atoms with E-state index in [9.17, 15) is 4.79 Å². The minimum atomic E-state index is 0.0691. The molecule has 1 amide bonds. The number of carbonyl (C=O) groups is 1. The van der Waals surface area contributed by atoms with E-state index in [4.69, 9.17) is 0 Å². The van der Waals surface area contributed by atoms with Gasteiger partial charge in [-0.25, -0.2) is 0 Å². The average molecular weight is 262 g/mol. The van der Waals surface area contributed by atoms with E-state index >= 15 is 0 Å². The van der Waals surface area contributed by atoms with Gasteiger partial charge < -0.3 is 10.6 Å². The van der Waals surface area contributed by atoms with Gasteiger partial charge in [-0.1, -0.05) is 43.7 Å². The lowest BCUT2D eigenvalue weighted by Crippen LogP contribution is -2.35.